The molecule has 1 aliphatic heterocycles. The Bertz CT molecular complexity index is 1320. The molecule has 7 atom stereocenters. The van der Waals surface area contributed by atoms with Crippen molar-refractivity contribution in [1.29, 1.82) is 0 Å². The van der Waals surface area contributed by atoms with Crippen LogP contribution >= 0.6 is 0 Å². The van der Waals surface area contributed by atoms with E-state index < -0.39 is 49.5 Å². The minimum absolute atomic E-state index is 0.136. The van der Waals surface area contributed by atoms with E-state index in [2.05, 4.69) is 67.8 Å². The van der Waals surface area contributed by atoms with Crippen LogP contribution in [-0.4, -0.2) is 87.5 Å². The summed E-state index contributed by atoms with van der Waals surface area (Å²) in [7, 11) is 0. The van der Waals surface area contributed by atoms with Crippen LogP contribution in [0.3, 0.4) is 0 Å². The number of carbonyl (C=O) groups is 1. The number of rotatable bonds is 56. The Kier molecular flexibility index (Phi) is 52.6. The van der Waals surface area contributed by atoms with Gasteiger partial charge in [-0.25, -0.2) is 0 Å². The molecule has 9 nitrogen and oxygen atoms in total. The molecule has 1 heterocycles. The number of hydrogen-bond acceptors (Lipinski definition) is 8. The van der Waals surface area contributed by atoms with E-state index in [1.54, 1.807) is 0 Å². The number of allylic oxidation sites excluding steroid dienone is 8. The van der Waals surface area contributed by atoms with Gasteiger partial charge in [-0.3, -0.25) is 4.79 Å². The van der Waals surface area contributed by atoms with Gasteiger partial charge in [-0.05, 0) is 51.4 Å². The molecule has 1 aliphatic rings. The fourth-order valence-electron chi connectivity index (χ4n) is 10.4. The molecule has 440 valence electrons. The number of hydrogen-bond donors (Lipinski definition) is 6. The number of unbranched alkanes of at least 4 members (excludes halogenated alkanes) is 38. The van der Waals surface area contributed by atoms with E-state index in [4.69, 9.17) is 9.47 Å². The van der Waals surface area contributed by atoms with Crippen LogP contribution in [0.25, 0.3) is 0 Å². The van der Waals surface area contributed by atoms with Gasteiger partial charge in [-0.2, -0.15) is 0 Å². The smallest absolute Gasteiger partial charge is 0.220 e. The first-order chi connectivity index (χ1) is 36.8. The largest absolute Gasteiger partial charge is 0.394 e. The van der Waals surface area contributed by atoms with Crippen molar-refractivity contribution in [3.05, 3.63) is 48.6 Å². The van der Waals surface area contributed by atoms with Crippen LogP contribution in [0, 0.1) is 0 Å². The Labute approximate surface area is 463 Å². The maximum Gasteiger partial charge on any atom is 0.220 e. The zero-order valence-corrected chi connectivity index (χ0v) is 49.1. The molecule has 7 unspecified atom stereocenters. The molecule has 0 aromatic carbocycles. The van der Waals surface area contributed by atoms with Crippen molar-refractivity contribution >= 4 is 5.91 Å². The summed E-state index contributed by atoms with van der Waals surface area (Å²) in [4.78, 5) is 13.1. The van der Waals surface area contributed by atoms with Gasteiger partial charge in [0.2, 0.25) is 5.91 Å². The Morgan fingerprint density at radius 1 is 0.467 bits per heavy atom. The molecule has 0 radical (unpaired) electrons. The van der Waals surface area contributed by atoms with Crippen molar-refractivity contribution in [1.82, 2.24) is 5.32 Å². The quantitative estimate of drug-likeness (QED) is 0.0261. The summed E-state index contributed by atoms with van der Waals surface area (Å²) in [6, 6.07) is -0.720. The fraction of sp³-hybridized carbons (Fsp3) is 0.864. The second-order valence-electron chi connectivity index (χ2n) is 22.5. The maximum absolute atomic E-state index is 13.1. The van der Waals surface area contributed by atoms with Crippen molar-refractivity contribution in [2.24, 2.45) is 0 Å². The van der Waals surface area contributed by atoms with Crippen molar-refractivity contribution in [3.8, 4) is 0 Å². The summed E-state index contributed by atoms with van der Waals surface area (Å²) in [5, 5.41) is 54.9. The summed E-state index contributed by atoms with van der Waals surface area (Å²) >= 11 is 0. The van der Waals surface area contributed by atoms with E-state index in [-0.39, 0.29) is 12.5 Å². The van der Waals surface area contributed by atoms with E-state index in [0.717, 1.165) is 64.2 Å². The lowest BCUT2D eigenvalue weighted by atomic mass is 9.99. The van der Waals surface area contributed by atoms with E-state index in [1.807, 2.05) is 0 Å². The molecule has 9 heteroatoms. The minimum Gasteiger partial charge on any atom is -0.394 e. The third kappa shape index (κ3) is 44.7. The van der Waals surface area contributed by atoms with Crippen LogP contribution in [0.1, 0.15) is 309 Å². The van der Waals surface area contributed by atoms with Gasteiger partial charge in [-0.15, -0.1) is 0 Å². The molecule has 1 amide bonds. The van der Waals surface area contributed by atoms with Gasteiger partial charge in [0.15, 0.2) is 6.29 Å². The van der Waals surface area contributed by atoms with Crippen LogP contribution in [0.4, 0.5) is 0 Å². The number of carbonyl (C=O) groups excluding carboxylic acids is 1. The van der Waals surface area contributed by atoms with Crippen LogP contribution in [0.15, 0.2) is 48.6 Å². The first-order valence-corrected chi connectivity index (χ1v) is 32.3. The zero-order chi connectivity index (χ0) is 54.3. The number of aliphatic hydroxyl groups is 5. The molecular formula is C66H123NO8. The van der Waals surface area contributed by atoms with Crippen molar-refractivity contribution in [3.63, 3.8) is 0 Å². The Morgan fingerprint density at radius 3 is 1.23 bits per heavy atom. The van der Waals surface area contributed by atoms with Gasteiger partial charge >= 0.3 is 0 Å². The number of ether oxygens (including phenoxy) is 2. The molecule has 1 saturated heterocycles. The van der Waals surface area contributed by atoms with E-state index in [0.29, 0.717) is 12.8 Å². The highest BCUT2D eigenvalue weighted by Crippen LogP contribution is 2.23. The van der Waals surface area contributed by atoms with Gasteiger partial charge in [0.25, 0.3) is 0 Å². The molecule has 0 aliphatic carbocycles. The molecule has 1 fully saturated rings. The van der Waals surface area contributed by atoms with Crippen LogP contribution in [-0.2, 0) is 14.3 Å². The highest BCUT2D eigenvalue weighted by molar-refractivity contribution is 5.76. The standard InChI is InChI=1S/C66H123NO8/c1-3-5-7-9-11-13-15-17-19-21-23-25-27-28-29-30-31-32-34-36-38-40-42-44-46-48-50-52-54-56-62(70)67-59(58-74-66-65(73)64(72)63(71)61(57-68)75-66)60(69)55-53-51-49-47-45-43-41-39-37-35-33-26-24-22-20-18-16-14-12-10-8-6-4-2/h5,7,11,13,17,19,23,25,59-61,63-66,68-69,71-73H,3-4,6,8-10,12,14-16,18,20-22,24,26-58H2,1-2H3,(H,67,70)/b7-5-,13-11-,19-17-,25-23-. The molecule has 6 N–H and O–H groups in total. The van der Waals surface area contributed by atoms with Crippen molar-refractivity contribution < 1.29 is 39.8 Å². The fourth-order valence-corrected chi connectivity index (χ4v) is 10.4. The molecule has 75 heavy (non-hydrogen) atoms. The molecule has 1 rings (SSSR count). The molecular weight excluding hydrogens is 935 g/mol. The number of aliphatic hydroxyl groups excluding tert-OH is 5. The Hall–Kier alpha value is -1.85. The molecule has 0 aromatic heterocycles. The molecule has 0 saturated carbocycles. The SMILES string of the molecule is CC/C=C\C/C=C\C/C=C\C/C=C\CCCCCCCCCCCCCCCCCCC(=O)NC(COC1OC(CO)C(O)C(O)C1O)C(O)CCCCCCCCCCCCCCCCCCCCCCCCC. The highest BCUT2D eigenvalue weighted by atomic mass is 16.7. The highest BCUT2D eigenvalue weighted by Gasteiger charge is 2.44. The predicted octanol–water partition coefficient (Wildman–Crippen LogP) is 16.9. The number of amides is 1. The van der Waals surface area contributed by atoms with Gasteiger partial charge in [0, 0.05) is 6.42 Å². The number of nitrogens with one attached hydrogen (secondary N) is 1. The van der Waals surface area contributed by atoms with Gasteiger partial charge < -0.3 is 40.3 Å². The molecule has 0 bridgehead atoms. The third-order valence-electron chi connectivity index (χ3n) is 15.4. The topological polar surface area (TPSA) is 149 Å². The van der Waals surface area contributed by atoms with Crippen molar-refractivity contribution in [2.45, 2.75) is 352 Å². The lowest BCUT2D eigenvalue weighted by molar-refractivity contribution is -0.302. The minimum atomic E-state index is -1.55. The van der Waals surface area contributed by atoms with Gasteiger partial charge in [0.05, 0.1) is 25.4 Å². The molecule has 0 spiro atoms. The lowest BCUT2D eigenvalue weighted by Gasteiger charge is -2.40. The predicted molar refractivity (Wildman–Crippen MR) is 318 cm³/mol. The summed E-state index contributed by atoms with van der Waals surface area (Å²) < 4.78 is 11.4. The second-order valence-corrected chi connectivity index (χ2v) is 22.5. The first kappa shape index (κ1) is 71.2. The zero-order valence-electron chi connectivity index (χ0n) is 49.1. The maximum atomic E-state index is 13.1. The summed E-state index contributed by atoms with van der Waals surface area (Å²) in [5.74, 6) is -0.140. The van der Waals surface area contributed by atoms with Crippen molar-refractivity contribution in [2.75, 3.05) is 13.2 Å². The van der Waals surface area contributed by atoms with Crippen LogP contribution < -0.4 is 5.32 Å². The van der Waals surface area contributed by atoms with E-state index in [1.165, 1.54) is 218 Å². The summed E-state index contributed by atoms with van der Waals surface area (Å²) in [6.07, 6.45) is 67.3. The van der Waals surface area contributed by atoms with Crippen LogP contribution in [0.5, 0.6) is 0 Å². The lowest BCUT2D eigenvalue weighted by Crippen LogP contribution is -2.60. The monoisotopic (exact) mass is 1060 g/mol. The Morgan fingerprint density at radius 2 is 0.827 bits per heavy atom. The van der Waals surface area contributed by atoms with Gasteiger partial charge in [0.1, 0.15) is 24.4 Å². The third-order valence-corrected chi connectivity index (χ3v) is 15.4. The van der Waals surface area contributed by atoms with Crippen LogP contribution in [0.2, 0.25) is 0 Å². The summed E-state index contributed by atoms with van der Waals surface area (Å²) in [5.41, 5.74) is 0. The molecule has 0 aromatic rings. The summed E-state index contributed by atoms with van der Waals surface area (Å²) in [6.45, 7) is 3.77. The average molecular weight is 1060 g/mol. The van der Waals surface area contributed by atoms with E-state index >= 15 is 0 Å². The van der Waals surface area contributed by atoms with E-state index in [9.17, 15) is 30.3 Å². The van der Waals surface area contributed by atoms with Gasteiger partial charge in [-0.1, -0.05) is 300 Å². The Balaban J connectivity index is 2.14. The second kappa shape index (κ2) is 55.5. The normalized spacial score (nSPS) is 19.2. The first-order valence-electron chi connectivity index (χ1n) is 32.3. The average Bonchev–Trinajstić information content (AvgIpc) is 3.41.